The topological polar surface area (TPSA) is 95.9 Å². The molecule has 0 radical (unpaired) electrons. The van der Waals surface area contributed by atoms with Crippen LogP contribution in [0.15, 0.2) is 12.7 Å². The molecule has 0 aliphatic carbocycles. The predicted molar refractivity (Wildman–Crippen MR) is 65.6 cm³/mol. The molecule has 2 aromatic rings. The third-order valence-corrected chi connectivity index (χ3v) is 2.16. The van der Waals surface area contributed by atoms with E-state index in [4.69, 9.17) is 10.5 Å². The number of nitrogens with zero attached hydrogens (tertiary/aromatic N) is 4. The standard InChI is InChI=1S/C11H15N5O2/c1-11(2,3)18-7(17)4-16-6-15-10-8(16)9(12)13-5-14-10/h5-6H,4H2,1-3H3,(H2,12,13,14). The van der Waals surface area contributed by atoms with Crippen molar-refractivity contribution in [3.05, 3.63) is 12.7 Å². The van der Waals surface area contributed by atoms with E-state index in [1.54, 1.807) is 4.57 Å². The van der Waals surface area contributed by atoms with Crippen molar-refractivity contribution >= 4 is 23.0 Å². The van der Waals surface area contributed by atoms with Crippen LogP contribution in [-0.2, 0) is 16.1 Å². The Balaban J connectivity index is 2.25. The summed E-state index contributed by atoms with van der Waals surface area (Å²) < 4.78 is 6.81. The normalized spacial score (nSPS) is 11.7. The predicted octanol–water partition coefficient (Wildman–Crippen LogP) is 0.750. The minimum absolute atomic E-state index is 0.0331. The molecular formula is C11H15N5O2. The van der Waals surface area contributed by atoms with Gasteiger partial charge in [-0.1, -0.05) is 0 Å². The fourth-order valence-corrected chi connectivity index (χ4v) is 1.57. The van der Waals surface area contributed by atoms with Gasteiger partial charge in [-0.05, 0) is 20.8 Å². The van der Waals surface area contributed by atoms with Crippen molar-refractivity contribution in [3.63, 3.8) is 0 Å². The number of aromatic nitrogens is 4. The number of carbonyl (C=O) groups is 1. The Kier molecular flexibility index (Phi) is 2.90. The van der Waals surface area contributed by atoms with Gasteiger partial charge >= 0.3 is 5.97 Å². The highest BCUT2D eigenvalue weighted by molar-refractivity contribution is 5.83. The Hall–Kier alpha value is -2.18. The van der Waals surface area contributed by atoms with Crippen LogP contribution in [-0.4, -0.2) is 31.1 Å². The SMILES string of the molecule is CC(C)(C)OC(=O)Cn1cnc2ncnc(N)c21. The Morgan fingerprint density at radius 1 is 1.39 bits per heavy atom. The second kappa shape index (κ2) is 4.25. The number of ether oxygens (including phenoxy) is 1. The lowest BCUT2D eigenvalue weighted by Crippen LogP contribution is -2.26. The first-order chi connectivity index (χ1) is 8.37. The van der Waals surface area contributed by atoms with Crippen LogP contribution in [0.1, 0.15) is 20.8 Å². The molecule has 2 rings (SSSR count). The Morgan fingerprint density at radius 2 is 2.11 bits per heavy atom. The number of fused-ring (bicyclic) bond motifs is 1. The van der Waals surface area contributed by atoms with E-state index in [2.05, 4.69) is 15.0 Å². The number of hydrogen-bond donors (Lipinski definition) is 1. The zero-order valence-corrected chi connectivity index (χ0v) is 10.5. The number of anilines is 1. The highest BCUT2D eigenvalue weighted by Crippen LogP contribution is 2.16. The molecule has 2 N–H and O–H groups in total. The smallest absolute Gasteiger partial charge is 0.326 e. The van der Waals surface area contributed by atoms with Gasteiger partial charge in [0.25, 0.3) is 0 Å². The quantitative estimate of drug-likeness (QED) is 0.789. The molecule has 0 aromatic carbocycles. The monoisotopic (exact) mass is 249 g/mol. The molecule has 0 fully saturated rings. The number of hydrogen-bond acceptors (Lipinski definition) is 6. The van der Waals surface area contributed by atoms with Crippen LogP contribution in [0.3, 0.4) is 0 Å². The number of rotatable bonds is 2. The van der Waals surface area contributed by atoms with Crippen LogP contribution in [0.4, 0.5) is 5.82 Å². The Labute approximate surface area is 104 Å². The van der Waals surface area contributed by atoms with Crippen molar-refractivity contribution in [2.75, 3.05) is 5.73 Å². The third-order valence-electron chi connectivity index (χ3n) is 2.16. The number of nitrogens with two attached hydrogens (primary N) is 1. The molecule has 2 aromatic heterocycles. The molecule has 0 unspecified atom stereocenters. The first kappa shape index (κ1) is 12.3. The lowest BCUT2D eigenvalue weighted by atomic mass is 10.2. The summed E-state index contributed by atoms with van der Waals surface area (Å²) in [6.07, 6.45) is 2.84. The lowest BCUT2D eigenvalue weighted by Gasteiger charge is -2.19. The van der Waals surface area contributed by atoms with Crippen LogP contribution >= 0.6 is 0 Å². The van der Waals surface area contributed by atoms with Crippen LogP contribution in [0, 0.1) is 0 Å². The number of nitrogen functional groups attached to an aromatic ring is 1. The van der Waals surface area contributed by atoms with Gasteiger partial charge < -0.3 is 15.0 Å². The first-order valence-electron chi connectivity index (χ1n) is 5.50. The maximum Gasteiger partial charge on any atom is 0.326 e. The summed E-state index contributed by atoms with van der Waals surface area (Å²) in [6, 6.07) is 0. The van der Waals surface area contributed by atoms with E-state index in [-0.39, 0.29) is 12.5 Å². The second-order valence-electron chi connectivity index (χ2n) is 4.89. The van der Waals surface area contributed by atoms with E-state index in [0.29, 0.717) is 17.0 Å². The average molecular weight is 249 g/mol. The fraction of sp³-hybridized carbons (Fsp3) is 0.455. The van der Waals surface area contributed by atoms with Crippen LogP contribution in [0.25, 0.3) is 11.2 Å². The molecule has 7 heteroatoms. The fourth-order valence-electron chi connectivity index (χ4n) is 1.57. The number of carbonyl (C=O) groups excluding carboxylic acids is 1. The summed E-state index contributed by atoms with van der Waals surface area (Å²) in [7, 11) is 0. The molecule has 0 aliphatic heterocycles. The molecule has 18 heavy (non-hydrogen) atoms. The van der Waals surface area contributed by atoms with Gasteiger partial charge in [0.2, 0.25) is 0 Å². The van der Waals surface area contributed by atoms with Crippen LogP contribution < -0.4 is 5.73 Å². The highest BCUT2D eigenvalue weighted by atomic mass is 16.6. The van der Waals surface area contributed by atoms with Crippen molar-refractivity contribution < 1.29 is 9.53 Å². The molecule has 7 nitrogen and oxygen atoms in total. The van der Waals surface area contributed by atoms with Crippen molar-refractivity contribution in [2.45, 2.75) is 32.9 Å². The largest absolute Gasteiger partial charge is 0.459 e. The zero-order chi connectivity index (χ0) is 13.3. The molecule has 2 heterocycles. The van der Waals surface area contributed by atoms with Gasteiger partial charge in [0.05, 0.1) is 6.33 Å². The molecule has 0 spiro atoms. The van der Waals surface area contributed by atoms with Gasteiger partial charge in [-0.3, -0.25) is 4.79 Å². The number of esters is 1. The van der Waals surface area contributed by atoms with Gasteiger partial charge in [0.1, 0.15) is 24.0 Å². The second-order valence-corrected chi connectivity index (χ2v) is 4.89. The molecule has 0 atom stereocenters. The minimum Gasteiger partial charge on any atom is -0.459 e. The average Bonchev–Trinajstić information content (AvgIpc) is 2.59. The van der Waals surface area contributed by atoms with Gasteiger partial charge in [-0.15, -0.1) is 0 Å². The Morgan fingerprint density at radius 3 is 2.78 bits per heavy atom. The molecule has 96 valence electrons. The van der Waals surface area contributed by atoms with Gasteiger partial charge in [0.15, 0.2) is 11.5 Å². The summed E-state index contributed by atoms with van der Waals surface area (Å²) >= 11 is 0. The summed E-state index contributed by atoms with van der Waals surface area (Å²) in [6.45, 7) is 5.47. The van der Waals surface area contributed by atoms with E-state index >= 15 is 0 Å². The van der Waals surface area contributed by atoms with E-state index in [9.17, 15) is 4.79 Å². The van der Waals surface area contributed by atoms with Crippen molar-refractivity contribution in [1.82, 2.24) is 19.5 Å². The van der Waals surface area contributed by atoms with Crippen LogP contribution in [0.5, 0.6) is 0 Å². The maximum absolute atomic E-state index is 11.7. The van der Waals surface area contributed by atoms with Crippen molar-refractivity contribution in [1.29, 1.82) is 0 Å². The molecular weight excluding hydrogens is 234 g/mol. The summed E-state index contributed by atoms with van der Waals surface area (Å²) in [5, 5.41) is 0. The van der Waals surface area contributed by atoms with E-state index in [0.717, 1.165) is 0 Å². The first-order valence-corrected chi connectivity index (χ1v) is 5.50. The summed E-state index contributed by atoms with van der Waals surface area (Å²) in [5.41, 5.74) is 6.23. The maximum atomic E-state index is 11.7. The van der Waals surface area contributed by atoms with E-state index < -0.39 is 5.60 Å². The molecule has 0 saturated heterocycles. The lowest BCUT2D eigenvalue weighted by molar-refractivity contribution is -0.155. The molecule has 0 amide bonds. The van der Waals surface area contributed by atoms with Gasteiger partial charge in [-0.2, -0.15) is 0 Å². The van der Waals surface area contributed by atoms with Crippen LogP contribution in [0.2, 0.25) is 0 Å². The molecule has 0 aliphatic rings. The molecule has 0 bridgehead atoms. The summed E-state index contributed by atoms with van der Waals surface area (Å²) in [5.74, 6) is -0.0638. The van der Waals surface area contributed by atoms with Crippen molar-refractivity contribution in [2.24, 2.45) is 0 Å². The van der Waals surface area contributed by atoms with E-state index in [1.165, 1.54) is 12.7 Å². The van der Waals surface area contributed by atoms with Gasteiger partial charge in [-0.25, -0.2) is 15.0 Å². The third kappa shape index (κ3) is 2.55. The highest BCUT2D eigenvalue weighted by Gasteiger charge is 2.18. The number of imidazole rings is 1. The Bertz CT molecular complexity index is 585. The minimum atomic E-state index is -0.518. The zero-order valence-electron chi connectivity index (χ0n) is 10.5. The summed E-state index contributed by atoms with van der Waals surface area (Å²) in [4.78, 5) is 23.6. The molecule has 0 saturated carbocycles. The van der Waals surface area contributed by atoms with Crippen molar-refractivity contribution in [3.8, 4) is 0 Å². The van der Waals surface area contributed by atoms with E-state index in [1.807, 2.05) is 20.8 Å². The van der Waals surface area contributed by atoms with Gasteiger partial charge in [0, 0.05) is 0 Å².